The molecule has 0 aliphatic rings. The van der Waals surface area contributed by atoms with Crippen LogP contribution in [0.5, 0.6) is 0 Å². The van der Waals surface area contributed by atoms with Crippen LogP contribution in [0.3, 0.4) is 0 Å². The van der Waals surface area contributed by atoms with Gasteiger partial charge < -0.3 is 5.32 Å². The lowest BCUT2D eigenvalue weighted by Gasteiger charge is -2.19. The van der Waals surface area contributed by atoms with E-state index >= 15 is 0 Å². The Labute approximate surface area is 115 Å². The zero-order valence-electron chi connectivity index (χ0n) is 12.5. The van der Waals surface area contributed by atoms with E-state index in [0.29, 0.717) is 0 Å². The first-order valence-corrected chi connectivity index (χ1v) is 6.73. The maximum absolute atomic E-state index is 4.21. The van der Waals surface area contributed by atoms with Gasteiger partial charge in [-0.05, 0) is 37.0 Å². The molecule has 2 N–H and O–H groups in total. The molecule has 1 heterocycles. The van der Waals surface area contributed by atoms with Crippen molar-refractivity contribution in [3.05, 3.63) is 46.8 Å². The van der Waals surface area contributed by atoms with Gasteiger partial charge in [0.15, 0.2) is 0 Å². The molecular weight excluding hydrogens is 234 g/mol. The molecule has 0 amide bonds. The molecule has 1 aromatic heterocycles. The first-order valence-electron chi connectivity index (χ1n) is 6.73. The summed E-state index contributed by atoms with van der Waals surface area (Å²) in [5, 5.41) is 10.7. The van der Waals surface area contributed by atoms with Gasteiger partial charge in [-0.3, -0.25) is 5.10 Å². The quantitative estimate of drug-likeness (QED) is 0.874. The summed E-state index contributed by atoms with van der Waals surface area (Å²) in [4.78, 5) is 0. The van der Waals surface area contributed by atoms with Crippen LogP contribution in [0, 0.1) is 13.8 Å². The van der Waals surface area contributed by atoms with Crippen molar-refractivity contribution in [3.8, 4) is 0 Å². The van der Waals surface area contributed by atoms with Crippen molar-refractivity contribution in [2.45, 2.75) is 46.6 Å². The van der Waals surface area contributed by atoms with Crippen LogP contribution >= 0.6 is 0 Å². The molecule has 3 heteroatoms. The number of aromatic nitrogens is 2. The second kappa shape index (κ2) is 5.08. The minimum atomic E-state index is 0.205. The summed E-state index contributed by atoms with van der Waals surface area (Å²) in [5.74, 6) is 0. The SMILES string of the molecule is Cc1n[nH]c(C)c1CNc1ccc(C(C)(C)C)cc1. The first kappa shape index (κ1) is 13.7. The van der Waals surface area contributed by atoms with Crippen molar-refractivity contribution in [3.63, 3.8) is 0 Å². The monoisotopic (exact) mass is 257 g/mol. The van der Waals surface area contributed by atoms with E-state index in [1.807, 2.05) is 6.92 Å². The van der Waals surface area contributed by atoms with E-state index in [-0.39, 0.29) is 5.41 Å². The van der Waals surface area contributed by atoms with Crippen LogP contribution in [0.25, 0.3) is 0 Å². The number of hydrogen-bond acceptors (Lipinski definition) is 2. The third-order valence-electron chi connectivity index (χ3n) is 3.50. The van der Waals surface area contributed by atoms with Crippen molar-refractivity contribution in [2.24, 2.45) is 0 Å². The van der Waals surface area contributed by atoms with Gasteiger partial charge in [-0.15, -0.1) is 0 Å². The van der Waals surface area contributed by atoms with E-state index in [1.54, 1.807) is 0 Å². The molecule has 1 aromatic carbocycles. The highest BCUT2D eigenvalue weighted by Crippen LogP contribution is 2.23. The van der Waals surface area contributed by atoms with Crippen LogP contribution in [0.4, 0.5) is 5.69 Å². The molecule has 0 aliphatic carbocycles. The molecule has 3 nitrogen and oxygen atoms in total. The Morgan fingerprint density at radius 1 is 1.11 bits per heavy atom. The molecule has 19 heavy (non-hydrogen) atoms. The summed E-state index contributed by atoms with van der Waals surface area (Å²) in [5.41, 5.74) is 6.16. The summed E-state index contributed by atoms with van der Waals surface area (Å²) >= 11 is 0. The van der Waals surface area contributed by atoms with Crippen LogP contribution in [0.1, 0.15) is 43.3 Å². The Balaban J connectivity index is 2.05. The molecule has 0 saturated carbocycles. The first-order chi connectivity index (χ1) is 8.88. The summed E-state index contributed by atoms with van der Waals surface area (Å²) < 4.78 is 0. The van der Waals surface area contributed by atoms with Gasteiger partial charge in [0, 0.05) is 23.5 Å². The van der Waals surface area contributed by atoms with Crippen molar-refractivity contribution < 1.29 is 0 Å². The van der Waals surface area contributed by atoms with Crippen LogP contribution in [-0.2, 0) is 12.0 Å². The van der Waals surface area contributed by atoms with Gasteiger partial charge in [0.25, 0.3) is 0 Å². The number of nitrogens with zero attached hydrogens (tertiary/aromatic N) is 1. The number of hydrogen-bond donors (Lipinski definition) is 2. The average Bonchev–Trinajstić information content (AvgIpc) is 2.66. The van der Waals surface area contributed by atoms with Crippen LogP contribution in [-0.4, -0.2) is 10.2 Å². The molecule has 0 fully saturated rings. The van der Waals surface area contributed by atoms with E-state index in [1.165, 1.54) is 11.1 Å². The van der Waals surface area contributed by atoms with Crippen LogP contribution in [0.15, 0.2) is 24.3 Å². The zero-order valence-corrected chi connectivity index (χ0v) is 12.5. The number of rotatable bonds is 3. The highest BCUT2D eigenvalue weighted by Gasteiger charge is 2.12. The van der Waals surface area contributed by atoms with Gasteiger partial charge in [-0.2, -0.15) is 5.10 Å². The molecule has 0 saturated heterocycles. The van der Waals surface area contributed by atoms with Gasteiger partial charge in [-0.25, -0.2) is 0 Å². The minimum absolute atomic E-state index is 0.205. The third-order valence-corrected chi connectivity index (χ3v) is 3.50. The van der Waals surface area contributed by atoms with Crippen molar-refractivity contribution in [1.29, 1.82) is 0 Å². The van der Waals surface area contributed by atoms with E-state index in [2.05, 4.69) is 67.5 Å². The Bertz CT molecular complexity index is 525. The predicted octanol–water partition coefficient (Wildman–Crippen LogP) is 3.94. The lowest BCUT2D eigenvalue weighted by molar-refractivity contribution is 0.590. The highest BCUT2D eigenvalue weighted by atomic mass is 15.1. The number of H-pyrrole nitrogens is 1. The van der Waals surface area contributed by atoms with E-state index < -0.39 is 0 Å². The molecule has 0 atom stereocenters. The largest absolute Gasteiger partial charge is 0.381 e. The summed E-state index contributed by atoms with van der Waals surface area (Å²) in [7, 11) is 0. The molecule has 0 bridgehead atoms. The Morgan fingerprint density at radius 2 is 1.74 bits per heavy atom. The standard InChI is InChI=1S/C16H23N3/c1-11-15(12(2)19-18-11)10-17-14-8-6-13(7-9-14)16(3,4)5/h6-9,17H,10H2,1-5H3,(H,18,19). The predicted molar refractivity (Wildman–Crippen MR) is 80.5 cm³/mol. The summed E-state index contributed by atoms with van der Waals surface area (Å²) in [6, 6.07) is 8.67. The van der Waals surface area contributed by atoms with Crippen LogP contribution < -0.4 is 5.32 Å². The second-order valence-electron chi connectivity index (χ2n) is 6.09. The summed E-state index contributed by atoms with van der Waals surface area (Å²) in [6.45, 7) is 11.6. The third kappa shape index (κ3) is 3.16. The molecule has 2 aromatic rings. The number of benzene rings is 1. The number of aryl methyl sites for hydroxylation is 2. The van der Waals surface area contributed by atoms with E-state index in [4.69, 9.17) is 0 Å². The van der Waals surface area contributed by atoms with Gasteiger partial charge in [0.1, 0.15) is 0 Å². The van der Waals surface area contributed by atoms with Crippen LogP contribution in [0.2, 0.25) is 0 Å². The van der Waals surface area contributed by atoms with Crippen molar-refractivity contribution in [1.82, 2.24) is 10.2 Å². The molecule has 0 aliphatic heterocycles. The highest BCUT2D eigenvalue weighted by molar-refractivity contribution is 5.46. The molecule has 2 rings (SSSR count). The maximum atomic E-state index is 4.21. The molecule has 0 unspecified atom stereocenters. The number of anilines is 1. The van der Waals surface area contributed by atoms with Gasteiger partial charge in [0.2, 0.25) is 0 Å². The van der Waals surface area contributed by atoms with Crippen molar-refractivity contribution >= 4 is 5.69 Å². The van der Waals surface area contributed by atoms with Gasteiger partial charge in [0.05, 0.1) is 5.69 Å². The number of aromatic amines is 1. The average molecular weight is 257 g/mol. The topological polar surface area (TPSA) is 40.7 Å². The molecule has 0 radical (unpaired) electrons. The van der Waals surface area contributed by atoms with E-state index in [9.17, 15) is 0 Å². The van der Waals surface area contributed by atoms with Gasteiger partial charge in [-0.1, -0.05) is 32.9 Å². The van der Waals surface area contributed by atoms with Crippen molar-refractivity contribution in [2.75, 3.05) is 5.32 Å². The Morgan fingerprint density at radius 3 is 2.21 bits per heavy atom. The Hall–Kier alpha value is -1.77. The zero-order chi connectivity index (χ0) is 14.0. The lowest BCUT2D eigenvalue weighted by atomic mass is 9.87. The smallest absolute Gasteiger partial charge is 0.0643 e. The van der Waals surface area contributed by atoms with E-state index in [0.717, 1.165) is 23.6 Å². The Kier molecular flexibility index (Phi) is 3.65. The second-order valence-corrected chi connectivity index (χ2v) is 6.09. The minimum Gasteiger partial charge on any atom is -0.381 e. The fourth-order valence-corrected chi connectivity index (χ4v) is 2.11. The maximum Gasteiger partial charge on any atom is 0.0643 e. The summed E-state index contributed by atoms with van der Waals surface area (Å²) in [6.07, 6.45) is 0. The van der Waals surface area contributed by atoms with Gasteiger partial charge >= 0.3 is 0 Å². The molecule has 102 valence electrons. The number of nitrogens with one attached hydrogen (secondary N) is 2. The fraction of sp³-hybridized carbons (Fsp3) is 0.438. The fourth-order valence-electron chi connectivity index (χ4n) is 2.11. The molecule has 0 spiro atoms. The lowest BCUT2D eigenvalue weighted by Crippen LogP contribution is -2.10. The molecular formula is C16H23N3. The normalized spacial score (nSPS) is 11.6.